The molecule has 160 valence electrons. The fraction of sp³-hybridized carbons (Fsp3) is 0.409. The zero-order chi connectivity index (χ0) is 21.5. The summed E-state index contributed by atoms with van der Waals surface area (Å²) in [6.07, 6.45) is 2.41. The Labute approximate surface area is 172 Å². The number of benzene rings is 2. The minimum absolute atomic E-state index is 0.0546. The van der Waals surface area contributed by atoms with Crippen LogP contribution in [0.5, 0.6) is 0 Å². The van der Waals surface area contributed by atoms with Gasteiger partial charge in [-0.25, -0.2) is 13.2 Å². The van der Waals surface area contributed by atoms with E-state index in [9.17, 15) is 23.1 Å². The number of anilines is 2. The van der Waals surface area contributed by atoms with Crippen LogP contribution >= 0.6 is 0 Å². The molecule has 8 heteroatoms. The molecule has 0 saturated carbocycles. The fourth-order valence-corrected chi connectivity index (χ4v) is 4.16. The molecule has 2 fully saturated rings. The van der Waals surface area contributed by atoms with Gasteiger partial charge in [0.1, 0.15) is 11.4 Å². The maximum absolute atomic E-state index is 14.6. The van der Waals surface area contributed by atoms with Crippen molar-refractivity contribution >= 4 is 17.3 Å². The highest BCUT2D eigenvalue weighted by Gasteiger charge is 2.50. The molecule has 30 heavy (non-hydrogen) atoms. The molecule has 0 aromatic heterocycles. The third-order valence-electron chi connectivity index (χ3n) is 5.95. The largest absolute Gasteiger partial charge is 0.385 e. The van der Waals surface area contributed by atoms with Gasteiger partial charge in [-0.3, -0.25) is 4.79 Å². The molecule has 0 bridgehead atoms. The number of carbonyl (C=O) groups excluding carboxylic acids is 1. The van der Waals surface area contributed by atoms with Crippen LogP contribution in [-0.4, -0.2) is 47.2 Å². The highest BCUT2D eigenvalue weighted by Crippen LogP contribution is 2.34. The smallest absolute Gasteiger partial charge is 0.256 e. The lowest BCUT2D eigenvalue weighted by molar-refractivity contribution is -0.100. The van der Waals surface area contributed by atoms with Crippen molar-refractivity contribution in [2.45, 2.75) is 37.8 Å². The lowest BCUT2D eigenvalue weighted by atomic mass is 9.84. The van der Waals surface area contributed by atoms with Crippen molar-refractivity contribution in [3.05, 3.63) is 58.9 Å². The lowest BCUT2D eigenvalue weighted by Crippen LogP contribution is -2.70. The van der Waals surface area contributed by atoms with E-state index in [1.54, 1.807) is 6.07 Å². The average molecular weight is 419 g/mol. The van der Waals surface area contributed by atoms with Gasteiger partial charge < -0.3 is 20.6 Å². The molecule has 0 spiro atoms. The van der Waals surface area contributed by atoms with Gasteiger partial charge in [-0.2, -0.15) is 0 Å². The van der Waals surface area contributed by atoms with Crippen LogP contribution in [0.15, 0.2) is 30.3 Å². The first-order valence-corrected chi connectivity index (χ1v) is 10.1. The Morgan fingerprint density at radius 2 is 2.00 bits per heavy atom. The maximum atomic E-state index is 14.6. The van der Waals surface area contributed by atoms with E-state index in [0.29, 0.717) is 6.42 Å². The SMILES string of the molecule is CCc1ccc(Nc2c(C(=O)N3CC(O)(C4CCCN4)C3)ccc(F)c2F)c(F)c1. The average Bonchev–Trinajstić information content (AvgIpc) is 3.25. The van der Waals surface area contributed by atoms with Crippen LogP contribution in [-0.2, 0) is 6.42 Å². The maximum Gasteiger partial charge on any atom is 0.256 e. The fourth-order valence-electron chi connectivity index (χ4n) is 4.16. The molecule has 2 aliphatic rings. The normalized spacial score (nSPS) is 20.2. The Morgan fingerprint density at radius 1 is 1.23 bits per heavy atom. The van der Waals surface area contributed by atoms with Gasteiger partial charge >= 0.3 is 0 Å². The number of hydrogen-bond donors (Lipinski definition) is 3. The van der Waals surface area contributed by atoms with Crippen molar-refractivity contribution in [2.75, 3.05) is 25.0 Å². The standard InChI is InChI=1S/C22H24F3N3O2/c1-2-13-5-8-17(16(24)10-13)27-20-14(6-7-15(23)19(20)25)21(29)28-11-22(30,12-28)18-4-3-9-26-18/h5-8,10,18,26-27,30H,2-4,9,11-12H2,1H3. The number of nitrogens with zero attached hydrogens (tertiary/aromatic N) is 1. The van der Waals surface area contributed by atoms with E-state index in [-0.39, 0.29) is 30.4 Å². The molecule has 0 radical (unpaired) electrons. The Balaban J connectivity index is 1.58. The van der Waals surface area contributed by atoms with Crippen molar-refractivity contribution < 1.29 is 23.1 Å². The Hall–Kier alpha value is -2.58. The summed E-state index contributed by atoms with van der Waals surface area (Å²) in [4.78, 5) is 14.3. The van der Waals surface area contributed by atoms with Crippen LogP contribution in [0.3, 0.4) is 0 Å². The molecular weight excluding hydrogens is 395 g/mol. The van der Waals surface area contributed by atoms with E-state index in [1.165, 1.54) is 23.1 Å². The van der Waals surface area contributed by atoms with Crippen LogP contribution < -0.4 is 10.6 Å². The van der Waals surface area contributed by atoms with E-state index in [1.807, 2.05) is 6.92 Å². The molecule has 2 aromatic rings. The number of carbonyl (C=O) groups is 1. The van der Waals surface area contributed by atoms with Gasteiger partial charge in [0.25, 0.3) is 5.91 Å². The van der Waals surface area contributed by atoms with E-state index in [0.717, 1.165) is 31.0 Å². The van der Waals surface area contributed by atoms with Crippen LogP contribution in [0.4, 0.5) is 24.5 Å². The summed E-state index contributed by atoms with van der Waals surface area (Å²) in [6, 6.07) is 6.37. The molecule has 2 aliphatic heterocycles. The highest BCUT2D eigenvalue weighted by molar-refractivity contribution is 6.01. The van der Waals surface area contributed by atoms with Gasteiger partial charge in [0.15, 0.2) is 11.6 Å². The quantitative estimate of drug-likeness (QED) is 0.696. The van der Waals surface area contributed by atoms with E-state index in [4.69, 9.17) is 0 Å². The topological polar surface area (TPSA) is 64.6 Å². The summed E-state index contributed by atoms with van der Waals surface area (Å²) >= 11 is 0. The number of β-amino-alcohol motifs (C(OH)–C–C–N with tert-alkyl or cyclic N) is 1. The first-order valence-electron chi connectivity index (χ1n) is 10.1. The van der Waals surface area contributed by atoms with Crippen molar-refractivity contribution in [3.8, 4) is 0 Å². The van der Waals surface area contributed by atoms with Crippen molar-refractivity contribution in [1.29, 1.82) is 0 Å². The molecule has 1 amide bonds. The summed E-state index contributed by atoms with van der Waals surface area (Å²) in [6.45, 7) is 2.89. The Kier molecular flexibility index (Phi) is 5.46. The molecule has 2 aromatic carbocycles. The van der Waals surface area contributed by atoms with Gasteiger partial charge in [-0.15, -0.1) is 0 Å². The summed E-state index contributed by atoms with van der Waals surface area (Å²) < 4.78 is 42.8. The molecule has 0 aliphatic carbocycles. The van der Waals surface area contributed by atoms with E-state index >= 15 is 0 Å². The second-order valence-electron chi connectivity index (χ2n) is 7.99. The number of halogens is 3. The van der Waals surface area contributed by atoms with Gasteiger partial charge in [-0.05, 0) is 55.6 Å². The highest BCUT2D eigenvalue weighted by atomic mass is 19.2. The third kappa shape index (κ3) is 3.65. The number of amides is 1. The molecule has 1 atom stereocenters. The zero-order valence-electron chi connectivity index (χ0n) is 16.6. The van der Waals surface area contributed by atoms with Gasteiger partial charge in [0.05, 0.1) is 30.0 Å². The van der Waals surface area contributed by atoms with Crippen LogP contribution in [0.25, 0.3) is 0 Å². The minimum Gasteiger partial charge on any atom is -0.385 e. The molecular formula is C22H24F3N3O2. The van der Waals surface area contributed by atoms with Crippen LogP contribution in [0.2, 0.25) is 0 Å². The molecule has 4 rings (SSSR count). The van der Waals surface area contributed by atoms with Crippen molar-refractivity contribution in [1.82, 2.24) is 10.2 Å². The first kappa shape index (κ1) is 20.7. The molecule has 2 saturated heterocycles. The zero-order valence-corrected chi connectivity index (χ0v) is 16.6. The summed E-state index contributed by atoms with van der Waals surface area (Å²) in [7, 11) is 0. The number of hydrogen-bond acceptors (Lipinski definition) is 4. The van der Waals surface area contributed by atoms with E-state index in [2.05, 4.69) is 10.6 Å². The van der Waals surface area contributed by atoms with Gasteiger partial charge in [0.2, 0.25) is 0 Å². The van der Waals surface area contributed by atoms with Gasteiger partial charge in [-0.1, -0.05) is 13.0 Å². The number of rotatable bonds is 5. The second kappa shape index (κ2) is 7.92. The minimum atomic E-state index is -1.26. The lowest BCUT2D eigenvalue weighted by Gasteiger charge is -2.49. The molecule has 3 N–H and O–H groups in total. The van der Waals surface area contributed by atoms with Crippen molar-refractivity contribution in [2.24, 2.45) is 0 Å². The number of aliphatic hydroxyl groups is 1. The van der Waals surface area contributed by atoms with E-state index < -0.39 is 34.6 Å². The molecule has 2 heterocycles. The van der Waals surface area contributed by atoms with Crippen LogP contribution in [0.1, 0.15) is 35.7 Å². The molecule has 5 nitrogen and oxygen atoms in total. The van der Waals surface area contributed by atoms with Gasteiger partial charge in [0, 0.05) is 6.04 Å². The Morgan fingerprint density at radius 3 is 2.63 bits per heavy atom. The second-order valence-corrected chi connectivity index (χ2v) is 7.99. The monoisotopic (exact) mass is 419 g/mol. The van der Waals surface area contributed by atoms with Crippen LogP contribution in [0, 0.1) is 17.5 Å². The third-order valence-corrected chi connectivity index (χ3v) is 5.95. The molecule has 1 unspecified atom stereocenters. The summed E-state index contributed by atoms with van der Waals surface area (Å²) in [5, 5.41) is 16.5. The Bertz CT molecular complexity index is 970. The number of likely N-dealkylation sites (tertiary alicyclic amines) is 1. The summed E-state index contributed by atoms with van der Waals surface area (Å²) in [5.74, 6) is -3.57. The predicted molar refractivity (Wildman–Crippen MR) is 107 cm³/mol. The van der Waals surface area contributed by atoms with Crippen molar-refractivity contribution in [3.63, 3.8) is 0 Å². The number of nitrogens with one attached hydrogen (secondary N) is 2. The number of aryl methyl sites for hydroxylation is 1. The first-order chi connectivity index (χ1) is 14.3. The predicted octanol–water partition coefficient (Wildman–Crippen LogP) is 3.35. The summed E-state index contributed by atoms with van der Waals surface area (Å²) in [5.41, 5.74) is -0.859.